The highest BCUT2D eigenvalue weighted by atomic mass is 19.4. The topological polar surface area (TPSA) is 78.4 Å². The molecule has 9 heteroatoms. The first-order valence-electron chi connectivity index (χ1n) is 6.74. The van der Waals surface area contributed by atoms with Crippen molar-refractivity contribution in [3.63, 3.8) is 0 Å². The van der Waals surface area contributed by atoms with E-state index in [0.717, 1.165) is 18.9 Å². The van der Waals surface area contributed by atoms with Crippen LogP contribution in [-0.4, -0.2) is 30.1 Å². The number of amides is 2. The van der Waals surface area contributed by atoms with E-state index in [1.54, 1.807) is 0 Å². The number of anilines is 1. The van der Waals surface area contributed by atoms with Gasteiger partial charge in [0.1, 0.15) is 5.82 Å². The number of halogens is 4. The molecule has 0 aliphatic heterocycles. The average Bonchev–Trinajstić information content (AvgIpc) is 3.26. The number of alkyl halides is 3. The second-order valence-corrected chi connectivity index (χ2v) is 5.49. The maximum Gasteiger partial charge on any atom is 0.419 e. The third kappa shape index (κ3) is 4.19. The van der Waals surface area contributed by atoms with E-state index >= 15 is 0 Å². The van der Waals surface area contributed by atoms with Gasteiger partial charge in [-0.3, -0.25) is 9.59 Å². The molecular formula is C14H14F4N2O3. The number of carbonyl (C=O) groups is 2. The molecule has 2 amide bonds. The van der Waals surface area contributed by atoms with Crippen molar-refractivity contribution in [2.75, 3.05) is 18.5 Å². The van der Waals surface area contributed by atoms with Gasteiger partial charge < -0.3 is 15.7 Å². The normalized spacial score (nSPS) is 15.9. The van der Waals surface area contributed by atoms with E-state index in [4.69, 9.17) is 5.11 Å². The van der Waals surface area contributed by atoms with Crippen LogP contribution in [0, 0.1) is 11.2 Å². The first kappa shape index (κ1) is 17.2. The van der Waals surface area contributed by atoms with E-state index in [1.807, 2.05) is 5.32 Å². The Bertz CT molecular complexity index is 627. The lowest BCUT2D eigenvalue weighted by Crippen LogP contribution is -2.39. The highest BCUT2D eigenvalue weighted by molar-refractivity contribution is 6.39. The summed E-state index contributed by atoms with van der Waals surface area (Å²) in [6.07, 6.45) is -3.47. The number of hydrogen-bond acceptors (Lipinski definition) is 3. The second kappa shape index (κ2) is 6.15. The molecule has 0 unspecified atom stereocenters. The number of benzene rings is 1. The van der Waals surface area contributed by atoms with E-state index < -0.39 is 34.8 Å². The average molecular weight is 334 g/mol. The van der Waals surface area contributed by atoms with Crippen molar-refractivity contribution in [1.29, 1.82) is 0 Å². The number of rotatable bonds is 4. The second-order valence-electron chi connectivity index (χ2n) is 5.49. The van der Waals surface area contributed by atoms with Gasteiger partial charge in [0, 0.05) is 17.6 Å². The lowest BCUT2D eigenvalue weighted by molar-refractivity contribution is -0.140. The summed E-state index contributed by atoms with van der Waals surface area (Å²) >= 11 is 0. The molecule has 2 rings (SSSR count). The molecule has 1 aromatic carbocycles. The van der Waals surface area contributed by atoms with Crippen LogP contribution in [0.5, 0.6) is 0 Å². The lowest BCUT2D eigenvalue weighted by Gasteiger charge is -2.13. The number of carbonyl (C=O) groups excluding carboxylic acids is 2. The minimum Gasteiger partial charge on any atom is -0.396 e. The SMILES string of the molecule is O=C(NCC1(CO)CC1)C(=O)Nc1ccc(F)c(C(F)(F)F)c1. The minimum absolute atomic E-state index is 0.104. The molecule has 23 heavy (non-hydrogen) atoms. The molecule has 0 saturated heterocycles. The summed E-state index contributed by atoms with van der Waals surface area (Å²) in [4.78, 5) is 23.2. The molecule has 0 heterocycles. The van der Waals surface area contributed by atoms with Crippen LogP contribution >= 0.6 is 0 Å². The predicted molar refractivity (Wildman–Crippen MR) is 71.8 cm³/mol. The van der Waals surface area contributed by atoms with Gasteiger partial charge in [-0.2, -0.15) is 13.2 Å². The first-order chi connectivity index (χ1) is 10.7. The summed E-state index contributed by atoms with van der Waals surface area (Å²) in [5, 5.41) is 13.4. The van der Waals surface area contributed by atoms with Crippen molar-refractivity contribution in [3.05, 3.63) is 29.6 Å². The smallest absolute Gasteiger partial charge is 0.396 e. The number of nitrogens with one attached hydrogen (secondary N) is 2. The quantitative estimate of drug-likeness (QED) is 0.579. The first-order valence-corrected chi connectivity index (χ1v) is 6.74. The van der Waals surface area contributed by atoms with E-state index in [1.165, 1.54) is 0 Å². The highest BCUT2D eigenvalue weighted by Gasteiger charge is 2.42. The molecule has 1 aromatic rings. The Balaban J connectivity index is 1.98. The van der Waals surface area contributed by atoms with Crippen LogP contribution < -0.4 is 10.6 Å². The van der Waals surface area contributed by atoms with Gasteiger partial charge in [-0.1, -0.05) is 0 Å². The number of aliphatic hydroxyl groups excluding tert-OH is 1. The standard InChI is InChI=1S/C14H14F4N2O3/c15-10-2-1-8(5-9(10)14(16,17)18)20-12(23)11(22)19-6-13(7-21)3-4-13/h1-2,5,21H,3-4,6-7H2,(H,19,22)(H,20,23). The van der Waals surface area contributed by atoms with Crippen LogP contribution in [-0.2, 0) is 15.8 Å². The van der Waals surface area contributed by atoms with Gasteiger partial charge in [-0.25, -0.2) is 4.39 Å². The summed E-state index contributed by atoms with van der Waals surface area (Å²) in [7, 11) is 0. The Morgan fingerprint density at radius 1 is 1.22 bits per heavy atom. The summed E-state index contributed by atoms with van der Waals surface area (Å²) in [5.74, 6) is -3.68. The maximum atomic E-state index is 13.1. The van der Waals surface area contributed by atoms with E-state index in [-0.39, 0.29) is 18.8 Å². The number of aliphatic hydroxyl groups is 1. The molecule has 0 atom stereocenters. The van der Waals surface area contributed by atoms with E-state index in [0.29, 0.717) is 12.1 Å². The van der Waals surface area contributed by atoms with Gasteiger partial charge in [0.05, 0.1) is 12.2 Å². The fraction of sp³-hybridized carbons (Fsp3) is 0.429. The third-order valence-corrected chi connectivity index (χ3v) is 3.65. The van der Waals surface area contributed by atoms with Gasteiger partial charge in [-0.15, -0.1) is 0 Å². The molecule has 5 nitrogen and oxygen atoms in total. The largest absolute Gasteiger partial charge is 0.419 e. The summed E-state index contributed by atoms with van der Waals surface area (Å²) < 4.78 is 50.8. The molecule has 3 N–H and O–H groups in total. The van der Waals surface area contributed by atoms with Gasteiger partial charge in [0.15, 0.2) is 0 Å². The van der Waals surface area contributed by atoms with E-state index in [2.05, 4.69) is 5.32 Å². The van der Waals surface area contributed by atoms with Crippen molar-refractivity contribution in [1.82, 2.24) is 5.32 Å². The molecular weight excluding hydrogens is 320 g/mol. The molecule has 1 fully saturated rings. The Labute approximate surface area is 128 Å². The molecule has 0 spiro atoms. The van der Waals surface area contributed by atoms with Crippen molar-refractivity contribution in [2.45, 2.75) is 19.0 Å². The monoisotopic (exact) mass is 334 g/mol. The minimum atomic E-state index is -4.91. The van der Waals surface area contributed by atoms with Gasteiger partial charge in [-0.05, 0) is 31.0 Å². The summed E-state index contributed by atoms with van der Waals surface area (Å²) in [6.45, 7) is -0.0191. The van der Waals surface area contributed by atoms with E-state index in [9.17, 15) is 27.2 Å². The van der Waals surface area contributed by atoms with Gasteiger partial charge in [0.25, 0.3) is 0 Å². The summed E-state index contributed by atoms with van der Waals surface area (Å²) in [5.41, 5.74) is -2.29. The molecule has 1 saturated carbocycles. The molecule has 0 aromatic heterocycles. The summed E-state index contributed by atoms with van der Waals surface area (Å²) in [6, 6.07) is 1.89. The third-order valence-electron chi connectivity index (χ3n) is 3.65. The van der Waals surface area contributed by atoms with Crippen LogP contribution in [0.1, 0.15) is 18.4 Å². The number of hydrogen-bond donors (Lipinski definition) is 3. The van der Waals surface area contributed by atoms with Crippen LogP contribution in [0.25, 0.3) is 0 Å². The van der Waals surface area contributed by atoms with Crippen molar-refractivity contribution in [2.24, 2.45) is 5.41 Å². The lowest BCUT2D eigenvalue weighted by atomic mass is 10.1. The molecule has 0 radical (unpaired) electrons. The molecule has 126 valence electrons. The van der Waals surface area contributed by atoms with Crippen LogP contribution in [0.3, 0.4) is 0 Å². The Hall–Kier alpha value is -2.16. The zero-order valence-electron chi connectivity index (χ0n) is 11.8. The Kier molecular flexibility index (Phi) is 4.60. The highest BCUT2D eigenvalue weighted by Crippen LogP contribution is 2.44. The van der Waals surface area contributed by atoms with Crippen LogP contribution in [0.4, 0.5) is 23.2 Å². The predicted octanol–water partition coefficient (Wildman–Crippen LogP) is 1.67. The van der Waals surface area contributed by atoms with Crippen LogP contribution in [0.15, 0.2) is 18.2 Å². The Morgan fingerprint density at radius 2 is 1.87 bits per heavy atom. The molecule has 1 aliphatic carbocycles. The van der Waals surface area contributed by atoms with Crippen molar-refractivity contribution in [3.8, 4) is 0 Å². The van der Waals surface area contributed by atoms with Gasteiger partial charge >= 0.3 is 18.0 Å². The molecule has 1 aliphatic rings. The maximum absolute atomic E-state index is 13.1. The fourth-order valence-electron chi connectivity index (χ4n) is 1.92. The Morgan fingerprint density at radius 3 is 2.39 bits per heavy atom. The van der Waals surface area contributed by atoms with Crippen molar-refractivity contribution >= 4 is 17.5 Å². The van der Waals surface area contributed by atoms with Crippen molar-refractivity contribution < 1.29 is 32.3 Å². The van der Waals surface area contributed by atoms with Crippen LogP contribution in [0.2, 0.25) is 0 Å². The zero-order chi connectivity index (χ0) is 17.3. The fourth-order valence-corrected chi connectivity index (χ4v) is 1.92. The zero-order valence-corrected chi connectivity index (χ0v) is 11.8. The molecule has 0 bridgehead atoms. The van der Waals surface area contributed by atoms with Gasteiger partial charge in [0.2, 0.25) is 0 Å².